The minimum Gasteiger partial charge on any atom is -0.334 e. The first-order valence-electron chi connectivity index (χ1n) is 11.1. The molecule has 3 rings (SSSR count). The molecule has 0 bridgehead atoms. The first-order valence-corrected chi connectivity index (χ1v) is 11.9. The van der Waals surface area contributed by atoms with Crippen LogP contribution in [0, 0.1) is 5.92 Å². The summed E-state index contributed by atoms with van der Waals surface area (Å²) in [6.07, 6.45) is 0. The third kappa shape index (κ3) is 4.80. The van der Waals surface area contributed by atoms with Gasteiger partial charge in [-0.3, -0.25) is 14.4 Å². The van der Waals surface area contributed by atoms with Crippen LogP contribution in [0.25, 0.3) is 0 Å². The number of benzene rings is 1. The van der Waals surface area contributed by atoms with E-state index < -0.39 is 23.7 Å². The SMILES string of the molecule is CC[NH+](CC)CCN1C(=O)C(=O)C(C(=O)c2cccs2)C1c1ccc(C(C)(C)C)cc1. The number of Topliss-reactive ketones (excluding diaryl/α,β-unsaturated/α-hetero) is 2. The summed E-state index contributed by atoms with van der Waals surface area (Å²) in [7, 11) is 0. The Morgan fingerprint density at radius 1 is 1.06 bits per heavy atom. The van der Waals surface area contributed by atoms with Crippen LogP contribution in [0.1, 0.15) is 61.5 Å². The monoisotopic (exact) mass is 441 g/mol. The molecule has 2 atom stereocenters. The van der Waals surface area contributed by atoms with Crippen molar-refractivity contribution in [2.24, 2.45) is 5.92 Å². The van der Waals surface area contributed by atoms with Crippen LogP contribution in [-0.2, 0) is 15.0 Å². The molecule has 1 aliphatic heterocycles. The topological polar surface area (TPSA) is 58.9 Å². The molecule has 1 aliphatic rings. The summed E-state index contributed by atoms with van der Waals surface area (Å²) in [4.78, 5) is 42.8. The van der Waals surface area contributed by atoms with Crippen molar-refractivity contribution in [2.45, 2.75) is 46.1 Å². The molecule has 1 amide bonds. The Labute approximate surface area is 189 Å². The molecule has 1 N–H and O–H groups in total. The number of hydrogen-bond acceptors (Lipinski definition) is 4. The second kappa shape index (κ2) is 9.45. The van der Waals surface area contributed by atoms with Crippen molar-refractivity contribution in [1.82, 2.24) is 4.90 Å². The fourth-order valence-corrected chi connectivity index (χ4v) is 4.94. The lowest BCUT2D eigenvalue weighted by molar-refractivity contribution is -0.895. The highest BCUT2D eigenvalue weighted by molar-refractivity contribution is 7.12. The van der Waals surface area contributed by atoms with Crippen LogP contribution < -0.4 is 4.90 Å². The third-order valence-electron chi connectivity index (χ3n) is 6.28. The zero-order chi connectivity index (χ0) is 22.8. The highest BCUT2D eigenvalue weighted by atomic mass is 32.1. The molecule has 166 valence electrons. The van der Waals surface area contributed by atoms with Crippen LogP contribution in [0.3, 0.4) is 0 Å². The molecular weight excluding hydrogens is 408 g/mol. The van der Waals surface area contributed by atoms with Gasteiger partial charge in [-0.1, -0.05) is 51.1 Å². The van der Waals surface area contributed by atoms with Gasteiger partial charge in [-0.25, -0.2) is 0 Å². The predicted molar refractivity (Wildman–Crippen MR) is 124 cm³/mol. The second-order valence-corrected chi connectivity index (χ2v) is 10.2. The van der Waals surface area contributed by atoms with E-state index >= 15 is 0 Å². The van der Waals surface area contributed by atoms with E-state index in [1.54, 1.807) is 17.0 Å². The van der Waals surface area contributed by atoms with Gasteiger partial charge >= 0.3 is 0 Å². The Bertz CT molecular complexity index is 925. The van der Waals surface area contributed by atoms with E-state index in [1.807, 2.05) is 29.6 Å². The van der Waals surface area contributed by atoms with Crippen molar-refractivity contribution in [1.29, 1.82) is 0 Å². The largest absolute Gasteiger partial charge is 0.334 e. The number of nitrogens with one attached hydrogen (secondary N) is 1. The second-order valence-electron chi connectivity index (χ2n) is 9.21. The number of thiophene rings is 1. The summed E-state index contributed by atoms with van der Waals surface area (Å²) in [5.74, 6) is -2.36. The molecule has 0 aliphatic carbocycles. The maximum absolute atomic E-state index is 13.3. The van der Waals surface area contributed by atoms with E-state index in [4.69, 9.17) is 0 Å². The van der Waals surface area contributed by atoms with E-state index in [0.29, 0.717) is 11.4 Å². The molecule has 6 heteroatoms. The quantitative estimate of drug-likeness (QED) is 0.389. The molecule has 2 heterocycles. The Morgan fingerprint density at radius 3 is 2.23 bits per heavy atom. The van der Waals surface area contributed by atoms with Gasteiger partial charge in [0.05, 0.1) is 37.1 Å². The smallest absolute Gasteiger partial charge is 0.291 e. The Kier molecular flexibility index (Phi) is 7.12. The first-order chi connectivity index (χ1) is 14.7. The summed E-state index contributed by atoms with van der Waals surface area (Å²) in [6, 6.07) is 11.0. The molecule has 1 fully saturated rings. The van der Waals surface area contributed by atoms with Gasteiger partial charge in [-0.2, -0.15) is 0 Å². The maximum atomic E-state index is 13.3. The molecule has 2 aromatic rings. The molecule has 0 spiro atoms. The number of carbonyl (C=O) groups excluding carboxylic acids is 3. The molecule has 1 saturated heterocycles. The normalized spacial score (nSPS) is 19.5. The van der Waals surface area contributed by atoms with Crippen LogP contribution in [0.4, 0.5) is 0 Å². The van der Waals surface area contributed by atoms with Gasteiger partial charge in [-0.05, 0) is 41.8 Å². The molecular formula is C25H33N2O3S+. The summed E-state index contributed by atoms with van der Waals surface area (Å²) in [5.41, 5.74) is 2.02. The zero-order valence-electron chi connectivity index (χ0n) is 19.1. The van der Waals surface area contributed by atoms with Crippen LogP contribution >= 0.6 is 11.3 Å². The Balaban J connectivity index is 2.00. The van der Waals surface area contributed by atoms with Crippen molar-refractivity contribution < 1.29 is 19.3 Å². The number of rotatable bonds is 8. The highest BCUT2D eigenvalue weighted by Gasteiger charge is 2.51. The summed E-state index contributed by atoms with van der Waals surface area (Å²) in [5, 5.41) is 1.82. The molecule has 1 aromatic heterocycles. The lowest BCUT2D eigenvalue weighted by Crippen LogP contribution is -3.12. The molecule has 5 nitrogen and oxygen atoms in total. The average Bonchev–Trinajstić information content (AvgIpc) is 3.36. The predicted octanol–water partition coefficient (Wildman–Crippen LogP) is 2.92. The minimum absolute atomic E-state index is 0.00215. The number of hydrogen-bond donors (Lipinski definition) is 1. The van der Waals surface area contributed by atoms with Crippen molar-refractivity contribution >= 4 is 28.8 Å². The van der Waals surface area contributed by atoms with Gasteiger partial charge in [0.25, 0.3) is 5.91 Å². The van der Waals surface area contributed by atoms with E-state index in [2.05, 4.69) is 34.6 Å². The van der Waals surface area contributed by atoms with Crippen LogP contribution in [0.5, 0.6) is 0 Å². The number of likely N-dealkylation sites (tertiary alicyclic amines) is 1. The third-order valence-corrected chi connectivity index (χ3v) is 7.16. The average molecular weight is 442 g/mol. The molecule has 0 saturated carbocycles. The fraction of sp³-hybridized carbons (Fsp3) is 0.480. The van der Waals surface area contributed by atoms with Gasteiger partial charge in [0, 0.05) is 0 Å². The molecule has 31 heavy (non-hydrogen) atoms. The molecule has 0 radical (unpaired) electrons. The van der Waals surface area contributed by atoms with E-state index in [1.165, 1.54) is 21.8 Å². The highest BCUT2D eigenvalue weighted by Crippen LogP contribution is 2.39. The standard InChI is InChI=1S/C25H32N2O3S/c1-6-26(7-2)14-15-27-21(17-10-12-18(13-11-17)25(3,4)5)20(23(29)24(27)30)22(28)19-9-8-16-31-19/h8-13,16,20-21H,6-7,14-15H2,1-5H3/p+1. The van der Waals surface area contributed by atoms with E-state index in [-0.39, 0.29) is 11.2 Å². The molecule has 2 unspecified atom stereocenters. The fourth-order valence-electron chi connectivity index (χ4n) is 4.23. The summed E-state index contributed by atoms with van der Waals surface area (Å²) < 4.78 is 0. The van der Waals surface area contributed by atoms with E-state index in [9.17, 15) is 14.4 Å². The van der Waals surface area contributed by atoms with Crippen molar-refractivity contribution in [3.63, 3.8) is 0 Å². The number of nitrogens with zero attached hydrogens (tertiary/aromatic N) is 1. The van der Waals surface area contributed by atoms with E-state index in [0.717, 1.165) is 25.2 Å². The lowest BCUT2D eigenvalue weighted by atomic mass is 9.84. The van der Waals surface area contributed by atoms with Crippen LogP contribution in [-0.4, -0.2) is 48.6 Å². The van der Waals surface area contributed by atoms with Crippen LogP contribution in [0.2, 0.25) is 0 Å². The number of carbonyl (C=O) groups is 3. The summed E-state index contributed by atoms with van der Waals surface area (Å²) >= 11 is 1.32. The van der Waals surface area contributed by atoms with Gasteiger partial charge in [-0.15, -0.1) is 11.3 Å². The maximum Gasteiger partial charge on any atom is 0.291 e. The summed E-state index contributed by atoms with van der Waals surface area (Å²) in [6.45, 7) is 13.8. The number of quaternary nitrogens is 1. The van der Waals surface area contributed by atoms with Crippen molar-refractivity contribution in [3.8, 4) is 0 Å². The first kappa shape index (κ1) is 23.4. The van der Waals surface area contributed by atoms with Gasteiger partial charge in [0.15, 0.2) is 5.78 Å². The number of likely N-dealkylation sites (N-methyl/N-ethyl adjacent to an activating group) is 1. The van der Waals surface area contributed by atoms with Crippen molar-refractivity contribution in [3.05, 3.63) is 57.8 Å². The van der Waals surface area contributed by atoms with Crippen LogP contribution in [0.15, 0.2) is 41.8 Å². The zero-order valence-corrected chi connectivity index (χ0v) is 19.9. The minimum atomic E-state index is -0.988. The number of ketones is 2. The lowest BCUT2D eigenvalue weighted by Gasteiger charge is -2.29. The van der Waals surface area contributed by atoms with Crippen molar-refractivity contribution in [2.75, 3.05) is 26.2 Å². The molecule has 1 aromatic carbocycles. The number of amides is 1. The van der Waals surface area contributed by atoms with Gasteiger partial charge < -0.3 is 9.80 Å². The van der Waals surface area contributed by atoms with Gasteiger partial charge in [0.2, 0.25) is 5.78 Å². The Hall–Kier alpha value is -2.31. The van der Waals surface area contributed by atoms with Gasteiger partial charge in [0.1, 0.15) is 5.92 Å². The Morgan fingerprint density at radius 2 is 1.71 bits per heavy atom.